The summed E-state index contributed by atoms with van der Waals surface area (Å²) in [6.07, 6.45) is 1.76. The third kappa shape index (κ3) is 9.57. The Kier molecular flexibility index (Phi) is 12.4. The Labute approximate surface area is 292 Å². The molecule has 0 bridgehead atoms. The normalized spacial score (nSPS) is 20.1. The maximum absolute atomic E-state index is 14.4. The Bertz CT molecular complexity index is 1620. The van der Waals surface area contributed by atoms with Crippen LogP contribution in [-0.4, -0.2) is 91.3 Å². The molecule has 4 N–H and O–H groups in total. The van der Waals surface area contributed by atoms with Crippen LogP contribution in [0.5, 0.6) is 17.2 Å². The summed E-state index contributed by atoms with van der Waals surface area (Å²) in [6.45, 7) is 6.55. The van der Waals surface area contributed by atoms with E-state index in [-0.39, 0.29) is 56.0 Å². The fourth-order valence-electron chi connectivity index (χ4n) is 5.82. The summed E-state index contributed by atoms with van der Waals surface area (Å²) in [5.41, 5.74) is 1.83. The van der Waals surface area contributed by atoms with Gasteiger partial charge in [-0.05, 0) is 75.6 Å². The van der Waals surface area contributed by atoms with Gasteiger partial charge in [-0.3, -0.25) is 4.79 Å². The first kappa shape index (κ1) is 36.3. The number of amides is 5. The van der Waals surface area contributed by atoms with Crippen molar-refractivity contribution in [2.45, 2.75) is 58.3 Å². The average Bonchev–Trinajstić information content (AvgIpc) is 3.58. The number of aliphatic hydroxyl groups excluding tert-OH is 1. The first-order valence-corrected chi connectivity index (χ1v) is 17.0. The minimum absolute atomic E-state index is 0.121. The first-order valence-electron chi connectivity index (χ1n) is 17.0. The monoisotopic (exact) mass is 689 g/mol. The number of rotatable bonds is 7. The van der Waals surface area contributed by atoms with Crippen molar-refractivity contribution in [1.82, 2.24) is 9.80 Å². The fourth-order valence-corrected chi connectivity index (χ4v) is 5.82. The molecule has 13 heteroatoms. The van der Waals surface area contributed by atoms with Crippen LogP contribution in [0.25, 0.3) is 0 Å². The SMILES string of the molecule is C[C@H]1CCCCO[C@@H](CN(C)C(=O)Nc2ccccc2)[C@@H](C)CN([C@@H](C)CO)C(=O)c2cc(NC(=O)Nc3ccc4c(c3)OCO4)ccc2O1. The molecular formula is C37H47N5O8. The number of anilines is 3. The van der Waals surface area contributed by atoms with E-state index in [2.05, 4.69) is 16.0 Å². The van der Waals surface area contributed by atoms with Crippen LogP contribution in [0.15, 0.2) is 66.7 Å². The molecule has 0 saturated heterocycles. The highest BCUT2D eigenvalue weighted by Gasteiger charge is 2.31. The van der Waals surface area contributed by atoms with E-state index in [4.69, 9.17) is 18.9 Å². The minimum Gasteiger partial charge on any atom is -0.490 e. The topological polar surface area (TPSA) is 151 Å². The van der Waals surface area contributed by atoms with E-state index in [0.29, 0.717) is 40.9 Å². The van der Waals surface area contributed by atoms with E-state index in [1.807, 2.05) is 44.2 Å². The molecule has 3 aromatic carbocycles. The van der Waals surface area contributed by atoms with E-state index >= 15 is 0 Å². The maximum Gasteiger partial charge on any atom is 0.323 e. The average molecular weight is 690 g/mol. The van der Waals surface area contributed by atoms with E-state index in [9.17, 15) is 19.5 Å². The van der Waals surface area contributed by atoms with Gasteiger partial charge < -0.3 is 49.8 Å². The molecule has 50 heavy (non-hydrogen) atoms. The summed E-state index contributed by atoms with van der Waals surface area (Å²) in [6, 6.07) is 17.9. The number of hydrogen-bond acceptors (Lipinski definition) is 8. The molecule has 2 heterocycles. The Morgan fingerprint density at radius 1 is 0.920 bits per heavy atom. The zero-order chi connectivity index (χ0) is 35.6. The largest absolute Gasteiger partial charge is 0.490 e. The molecule has 5 rings (SSSR count). The van der Waals surface area contributed by atoms with Crippen molar-refractivity contribution in [1.29, 1.82) is 0 Å². The molecule has 0 aromatic heterocycles. The van der Waals surface area contributed by atoms with Gasteiger partial charge in [0.05, 0.1) is 30.4 Å². The molecule has 0 saturated carbocycles. The van der Waals surface area contributed by atoms with Gasteiger partial charge in [0.2, 0.25) is 6.79 Å². The van der Waals surface area contributed by atoms with Crippen molar-refractivity contribution in [2.24, 2.45) is 5.92 Å². The van der Waals surface area contributed by atoms with Crippen molar-refractivity contribution in [3.63, 3.8) is 0 Å². The molecule has 2 aliphatic heterocycles. The Balaban J connectivity index is 1.36. The van der Waals surface area contributed by atoms with Gasteiger partial charge in [0.25, 0.3) is 5.91 Å². The Morgan fingerprint density at radius 2 is 1.62 bits per heavy atom. The van der Waals surface area contributed by atoms with Crippen molar-refractivity contribution < 1.29 is 38.4 Å². The van der Waals surface area contributed by atoms with Gasteiger partial charge in [0, 0.05) is 55.8 Å². The first-order chi connectivity index (χ1) is 24.1. The van der Waals surface area contributed by atoms with Crippen LogP contribution >= 0.6 is 0 Å². The van der Waals surface area contributed by atoms with Crippen LogP contribution in [-0.2, 0) is 4.74 Å². The van der Waals surface area contributed by atoms with Gasteiger partial charge in [0.15, 0.2) is 11.5 Å². The van der Waals surface area contributed by atoms with Crippen LogP contribution in [0.2, 0.25) is 0 Å². The van der Waals surface area contributed by atoms with Gasteiger partial charge in [-0.25, -0.2) is 9.59 Å². The van der Waals surface area contributed by atoms with Gasteiger partial charge in [-0.2, -0.15) is 0 Å². The van der Waals surface area contributed by atoms with Crippen molar-refractivity contribution in [2.75, 3.05) is 56.1 Å². The third-order valence-corrected chi connectivity index (χ3v) is 8.77. The van der Waals surface area contributed by atoms with Crippen molar-refractivity contribution >= 4 is 35.0 Å². The second-order valence-corrected chi connectivity index (χ2v) is 12.8. The Morgan fingerprint density at radius 3 is 2.36 bits per heavy atom. The number of urea groups is 2. The van der Waals surface area contributed by atoms with Crippen LogP contribution in [0.4, 0.5) is 26.7 Å². The van der Waals surface area contributed by atoms with E-state index in [1.54, 1.807) is 60.2 Å². The van der Waals surface area contributed by atoms with Crippen molar-refractivity contribution in [3.05, 3.63) is 72.3 Å². The molecule has 0 spiro atoms. The fraction of sp³-hybridized carbons (Fsp3) is 0.432. The lowest BCUT2D eigenvalue weighted by Gasteiger charge is -2.35. The lowest BCUT2D eigenvalue weighted by molar-refractivity contribution is -0.0115. The number of nitrogens with one attached hydrogen (secondary N) is 3. The molecule has 0 fully saturated rings. The molecule has 2 aliphatic rings. The zero-order valence-electron chi connectivity index (χ0n) is 29.0. The number of carbonyl (C=O) groups is 3. The Hall–Kier alpha value is -5.01. The zero-order valence-corrected chi connectivity index (χ0v) is 29.0. The highest BCUT2D eigenvalue weighted by molar-refractivity contribution is 6.02. The van der Waals surface area contributed by atoms with Crippen LogP contribution in [0.3, 0.4) is 0 Å². The van der Waals surface area contributed by atoms with Gasteiger partial charge >= 0.3 is 12.1 Å². The van der Waals surface area contributed by atoms with Gasteiger partial charge in [0.1, 0.15) is 5.75 Å². The van der Waals surface area contributed by atoms with Crippen LogP contribution in [0.1, 0.15) is 50.4 Å². The standard InChI is InChI=1S/C37H47N5O8/c1-24-20-42(25(2)22-43)35(44)30-18-28(38-36(45)39-29-14-16-32-33(19-29)49-23-48-32)13-15-31(30)50-26(3)10-8-9-17-47-34(24)21-41(4)37(46)40-27-11-6-5-7-12-27/h5-7,11-16,18-19,24-26,34,43H,8-10,17,20-23H2,1-4H3,(H,40,46)(H2,38,39,45)/t24-,25-,26-,34-/m0/s1. The summed E-state index contributed by atoms with van der Waals surface area (Å²) in [4.78, 5) is 43.6. The predicted molar refractivity (Wildman–Crippen MR) is 190 cm³/mol. The number of fused-ring (bicyclic) bond motifs is 2. The molecule has 3 aromatic rings. The summed E-state index contributed by atoms with van der Waals surface area (Å²) in [7, 11) is 1.71. The number of benzene rings is 3. The number of hydrogen-bond donors (Lipinski definition) is 4. The molecule has 0 unspecified atom stereocenters. The quantitative estimate of drug-likeness (QED) is 0.235. The molecule has 4 atom stereocenters. The number of likely N-dealkylation sites (N-methyl/N-ethyl adjacent to an activating group) is 1. The van der Waals surface area contributed by atoms with Crippen molar-refractivity contribution in [3.8, 4) is 17.2 Å². The molecular weight excluding hydrogens is 642 g/mol. The molecule has 0 aliphatic carbocycles. The number of aliphatic hydroxyl groups is 1. The van der Waals surface area contributed by atoms with E-state index < -0.39 is 18.2 Å². The lowest BCUT2D eigenvalue weighted by Crippen LogP contribution is -2.48. The summed E-state index contributed by atoms with van der Waals surface area (Å²) in [5, 5.41) is 18.7. The van der Waals surface area contributed by atoms with E-state index in [0.717, 1.165) is 19.3 Å². The minimum atomic E-state index is -0.547. The number of para-hydroxylation sites is 1. The van der Waals surface area contributed by atoms with E-state index in [1.165, 1.54) is 0 Å². The summed E-state index contributed by atoms with van der Waals surface area (Å²) < 4.78 is 23.4. The molecule has 5 amide bonds. The van der Waals surface area contributed by atoms with Crippen LogP contribution in [0, 0.1) is 5.92 Å². The second kappa shape index (κ2) is 17.1. The number of nitrogens with zero attached hydrogens (tertiary/aromatic N) is 2. The number of carbonyl (C=O) groups excluding carboxylic acids is 3. The highest BCUT2D eigenvalue weighted by Crippen LogP contribution is 2.34. The molecule has 268 valence electrons. The molecule has 0 radical (unpaired) electrons. The van der Waals surface area contributed by atoms with Crippen LogP contribution < -0.4 is 30.2 Å². The number of ether oxygens (including phenoxy) is 4. The second-order valence-electron chi connectivity index (χ2n) is 12.8. The predicted octanol–water partition coefficient (Wildman–Crippen LogP) is 6.02. The lowest BCUT2D eigenvalue weighted by atomic mass is 10.0. The summed E-state index contributed by atoms with van der Waals surface area (Å²) in [5.74, 6) is 0.929. The smallest absolute Gasteiger partial charge is 0.323 e. The van der Waals surface area contributed by atoms with Gasteiger partial charge in [-0.15, -0.1) is 0 Å². The third-order valence-electron chi connectivity index (χ3n) is 8.77. The summed E-state index contributed by atoms with van der Waals surface area (Å²) >= 11 is 0. The molecule has 13 nitrogen and oxygen atoms in total. The maximum atomic E-state index is 14.4. The highest BCUT2D eigenvalue weighted by atomic mass is 16.7. The van der Waals surface area contributed by atoms with Gasteiger partial charge in [-0.1, -0.05) is 25.1 Å².